The summed E-state index contributed by atoms with van der Waals surface area (Å²) in [7, 11) is 1.31. The second-order valence-corrected chi connectivity index (χ2v) is 7.80. The van der Waals surface area contributed by atoms with Crippen molar-refractivity contribution in [2.75, 3.05) is 13.6 Å². The average molecular weight is 396 g/mol. The largest absolute Gasteiger partial charge is 0.489 e. The molecule has 0 spiro atoms. The van der Waals surface area contributed by atoms with Crippen molar-refractivity contribution in [1.29, 1.82) is 0 Å². The molecule has 2 aromatic carbocycles. The summed E-state index contributed by atoms with van der Waals surface area (Å²) in [5.41, 5.74) is 1.04. The van der Waals surface area contributed by atoms with Gasteiger partial charge in [-0.05, 0) is 56.0 Å². The Morgan fingerprint density at radius 1 is 1.10 bits per heavy atom. The average Bonchev–Trinajstić information content (AvgIpc) is 2.73. The van der Waals surface area contributed by atoms with Gasteiger partial charge in [0.05, 0.1) is 6.42 Å². The van der Waals surface area contributed by atoms with Crippen LogP contribution in [0.2, 0.25) is 0 Å². The third kappa shape index (κ3) is 5.15. The lowest BCUT2D eigenvalue weighted by Gasteiger charge is -2.45. The topological polar surface area (TPSA) is 70.1 Å². The van der Waals surface area contributed by atoms with Crippen molar-refractivity contribution < 1.29 is 19.5 Å². The number of hydroxylamine groups is 2. The first kappa shape index (κ1) is 20.9. The first-order chi connectivity index (χ1) is 13.9. The van der Waals surface area contributed by atoms with E-state index in [9.17, 15) is 14.8 Å². The number of hydrogen-bond acceptors (Lipinski definition) is 4. The number of hydrogen-bond donors (Lipinski definition) is 1. The molecule has 1 aliphatic heterocycles. The number of likely N-dealkylation sites (tertiary alicyclic amines) is 1. The SMILES string of the molecule is CN(O)C(=O)CC1(C)CCCCN1C(=O)c1ccc(OCc2ccccc2)cc1. The first-order valence-corrected chi connectivity index (χ1v) is 9.93. The second-order valence-electron chi connectivity index (χ2n) is 7.80. The van der Waals surface area contributed by atoms with E-state index in [1.165, 1.54) is 7.05 Å². The van der Waals surface area contributed by atoms with Gasteiger partial charge in [0.1, 0.15) is 12.4 Å². The van der Waals surface area contributed by atoms with Gasteiger partial charge in [0.25, 0.3) is 5.91 Å². The van der Waals surface area contributed by atoms with Crippen LogP contribution in [0.4, 0.5) is 0 Å². The highest BCUT2D eigenvalue weighted by Crippen LogP contribution is 2.33. The van der Waals surface area contributed by atoms with Crippen molar-refractivity contribution in [2.45, 2.75) is 44.8 Å². The predicted molar refractivity (Wildman–Crippen MR) is 110 cm³/mol. The molecule has 6 nitrogen and oxygen atoms in total. The summed E-state index contributed by atoms with van der Waals surface area (Å²) in [6, 6.07) is 17.0. The molecule has 0 aliphatic carbocycles. The Kier molecular flexibility index (Phi) is 6.54. The van der Waals surface area contributed by atoms with Gasteiger partial charge in [-0.3, -0.25) is 14.8 Å². The molecule has 2 aromatic rings. The Labute approximate surface area is 171 Å². The Bertz CT molecular complexity index is 836. The van der Waals surface area contributed by atoms with Crippen LogP contribution in [-0.4, -0.2) is 46.1 Å². The van der Waals surface area contributed by atoms with Gasteiger partial charge in [-0.1, -0.05) is 30.3 Å². The van der Waals surface area contributed by atoms with Gasteiger partial charge in [-0.25, -0.2) is 5.06 Å². The number of carbonyl (C=O) groups excluding carboxylic acids is 2. The number of amides is 2. The van der Waals surface area contributed by atoms with Crippen LogP contribution in [0.5, 0.6) is 5.75 Å². The number of nitrogens with zero attached hydrogens (tertiary/aromatic N) is 2. The fourth-order valence-electron chi connectivity index (χ4n) is 3.74. The van der Waals surface area contributed by atoms with E-state index in [0.29, 0.717) is 29.5 Å². The Morgan fingerprint density at radius 3 is 2.45 bits per heavy atom. The molecule has 1 atom stereocenters. The zero-order valence-corrected chi connectivity index (χ0v) is 17.0. The third-order valence-corrected chi connectivity index (χ3v) is 5.49. The maximum atomic E-state index is 13.2. The molecule has 0 aromatic heterocycles. The Hall–Kier alpha value is -2.86. The monoisotopic (exact) mass is 396 g/mol. The molecule has 2 amide bonds. The van der Waals surface area contributed by atoms with E-state index in [-0.39, 0.29) is 12.3 Å². The Balaban J connectivity index is 1.68. The number of ether oxygens (including phenoxy) is 1. The van der Waals surface area contributed by atoms with Gasteiger partial charge >= 0.3 is 0 Å². The van der Waals surface area contributed by atoms with E-state index in [1.54, 1.807) is 29.2 Å². The van der Waals surface area contributed by atoms with Gasteiger partial charge in [0, 0.05) is 24.7 Å². The Morgan fingerprint density at radius 2 is 1.79 bits per heavy atom. The zero-order chi connectivity index (χ0) is 20.9. The predicted octanol–water partition coefficient (Wildman–Crippen LogP) is 3.89. The summed E-state index contributed by atoms with van der Waals surface area (Å²) >= 11 is 0. The minimum absolute atomic E-state index is 0.101. The van der Waals surface area contributed by atoms with Crippen LogP contribution in [0.25, 0.3) is 0 Å². The molecule has 0 saturated carbocycles. The molecule has 1 saturated heterocycles. The molecule has 1 N–H and O–H groups in total. The summed E-state index contributed by atoms with van der Waals surface area (Å²) in [5, 5.41) is 10.0. The normalized spacial score (nSPS) is 18.9. The van der Waals surface area contributed by atoms with Crippen molar-refractivity contribution in [1.82, 2.24) is 9.96 Å². The van der Waals surface area contributed by atoms with E-state index in [0.717, 1.165) is 24.8 Å². The van der Waals surface area contributed by atoms with Crippen LogP contribution in [0, 0.1) is 0 Å². The van der Waals surface area contributed by atoms with E-state index in [1.807, 2.05) is 37.3 Å². The van der Waals surface area contributed by atoms with E-state index in [2.05, 4.69) is 0 Å². The van der Waals surface area contributed by atoms with Crippen molar-refractivity contribution in [3.63, 3.8) is 0 Å². The van der Waals surface area contributed by atoms with Crippen LogP contribution in [-0.2, 0) is 11.4 Å². The number of piperidine rings is 1. The number of rotatable bonds is 6. The highest BCUT2D eigenvalue weighted by atomic mass is 16.5. The van der Waals surface area contributed by atoms with Crippen LogP contribution in [0.15, 0.2) is 54.6 Å². The molecular weight excluding hydrogens is 368 g/mol. The lowest BCUT2D eigenvalue weighted by Crippen LogP contribution is -2.54. The van der Waals surface area contributed by atoms with Crippen molar-refractivity contribution in [3.8, 4) is 5.75 Å². The standard InChI is InChI=1S/C23H28N2O4/c1-23(16-21(26)24(2)28)14-6-7-15-25(23)22(27)19-10-12-20(13-11-19)29-17-18-8-4-3-5-9-18/h3-5,8-13,28H,6-7,14-17H2,1-2H3. The molecule has 6 heteroatoms. The molecular formula is C23H28N2O4. The summed E-state index contributed by atoms with van der Waals surface area (Å²) < 4.78 is 5.79. The lowest BCUT2D eigenvalue weighted by atomic mass is 9.84. The molecule has 1 fully saturated rings. The third-order valence-electron chi connectivity index (χ3n) is 5.49. The lowest BCUT2D eigenvalue weighted by molar-refractivity contribution is -0.162. The molecule has 154 valence electrons. The summed E-state index contributed by atoms with van der Waals surface area (Å²) in [4.78, 5) is 27.0. The fourth-order valence-corrected chi connectivity index (χ4v) is 3.74. The van der Waals surface area contributed by atoms with Gasteiger partial charge in [-0.15, -0.1) is 0 Å². The fraction of sp³-hybridized carbons (Fsp3) is 0.391. The molecule has 1 unspecified atom stereocenters. The zero-order valence-electron chi connectivity index (χ0n) is 17.0. The van der Waals surface area contributed by atoms with Crippen LogP contribution in [0.1, 0.15) is 48.5 Å². The van der Waals surface area contributed by atoms with E-state index in [4.69, 9.17) is 4.74 Å². The minimum Gasteiger partial charge on any atom is -0.489 e. The first-order valence-electron chi connectivity index (χ1n) is 9.93. The number of carbonyl (C=O) groups is 2. The maximum absolute atomic E-state index is 13.2. The number of benzene rings is 2. The molecule has 1 heterocycles. The minimum atomic E-state index is -0.605. The smallest absolute Gasteiger partial charge is 0.254 e. The quantitative estimate of drug-likeness (QED) is 0.594. The second kappa shape index (κ2) is 9.09. The van der Waals surface area contributed by atoms with Crippen LogP contribution in [0.3, 0.4) is 0 Å². The molecule has 3 rings (SSSR count). The van der Waals surface area contributed by atoms with E-state index >= 15 is 0 Å². The van der Waals surface area contributed by atoms with Crippen LogP contribution >= 0.6 is 0 Å². The van der Waals surface area contributed by atoms with Gasteiger partial charge in [0.2, 0.25) is 5.91 Å². The highest BCUT2D eigenvalue weighted by molar-refractivity contribution is 5.95. The summed E-state index contributed by atoms with van der Waals surface area (Å²) in [5.74, 6) is 0.205. The molecule has 29 heavy (non-hydrogen) atoms. The van der Waals surface area contributed by atoms with E-state index < -0.39 is 11.4 Å². The summed E-state index contributed by atoms with van der Waals surface area (Å²) in [6.07, 6.45) is 2.69. The molecule has 1 aliphatic rings. The van der Waals surface area contributed by atoms with Crippen molar-refractivity contribution in [2.24, 2.45) is 0 Å². The maximum Gasteiger partial charge on any atom is 0.254 e. The van der Waals surface area contributed by atoms with Crippen molar-refractivity contribution >= 4 is 11.8 Å². The molecule has 0 radical (unpaired) electrons. The highest BCUT2D eigenvalue weighted by Gasteiger charge is 2.40. The summed E-state index contributed by atoms with van der Waals surface area (Å²) in [6.45, 7) is 2.99. The van der Waals surface area contributed by atoms with Gasteiger partial charge in [0.15, 0.2) is 0 Å². The van der Waals surface area contributed by atoms with Crippen LogP contribution < -0.4 is 4.74 Å². The van der Waals surface area contributed by atoms with Crippen molar-refractivity contribution in [3.05, 3.63) is 65.7 Å². The molecule has 0 bridgehead atoms. The van der Waals surface area contributed by atoms with Gasteiger partial charge < -0.3 is 9.64 Å². The van der Waals surface area contributed by atoms with Gasteiger partial charge in [-0.2, -0.15) is 0 Å².